The van der Waals surface area contributed by atoms with Crippen molar-refractivity contribution in [3.05, 3.63) is 71.8 Å². The zero-order valence-corrected chi connectivity index (χ0v) is 18.4. The fourth-order valence-corrected chi connectivity index (χ4v) is 5.07. The summed E-state index contributed by atoms with van der Waals surface area (Å²) < 4.78 is 5.52. The molecular formula is C24H33ClN2O3. The predicted molar refractivity (Wildman–Crippen MR) is 114 cm³/mol. The number of carbonyl (C=O) groups is 1. The van der Waals surface area contributed by atoms with Crippen molar-refractivity contribution in [2.75, 3.05) is 45.9 Å². The van der Waals surface area contributed by atoms with Crippen LogP contribution in [0.3, 0.4) is 0 Å². The number of benzene rings is 2. The molecule has 6 heteroatoms. The molecule has 2 aromatic carbocycles. The van der Waals surface area contributed by atoms with E-state index in [1.807, 2.05) is 12.1 Å². The van der Waals surface area contributed by atoms with Crippen molar-refractivity contribution in [3.63, 3.8) is 0 Å². The summed E-state index contributed by atoms with van der Waals surface area (Å²) in [6.07, 6.45) is 1.04. The van der Waals surface area contributed by atoms with Crippen LogP contribution in [-0.4, -0.2) is 62.2 Å². The average Bonchev–Trinajstić information content (AvgIpc) is 3.06. The van der Waals surface area contributed by atoms with E-state index in [0.717, 1.165) is 63.5 Å². The first-order chi connectivity index (χ1) is 13.8. The first kappa shape index (κ1) is 24.4. The van der Waals surface area contributed by atoms with Crippen LogP contribution >= 0.6 is 0 Å². The van der Waals surface area contributed by atoms with Gasteiger partial charge in [0.2, 0.25) is 5.91 Å². The molecule has 0 aliphatic carbocycles. The summed E-state index contributed by atoms with van der Waals surface area (Å²) in [5.74, 6) is 0.537. The van der Waals surface area contributed by atoms with Gasteiger partial charge in [-0.1, -0.05) is 60.7 Å². The van der Waals surface area contributed by atoms with E-state index in [0.29, 0.717) is 0 Å². The molecule has 2 aliphatic rings. The number of carbonyl (C=O) groups excluding carboxylic acids is 1. The third-order valence-corrected chi connectivity index (χ3v) is 6.56. The highest BCUT2D eigenvalue weighted by atomic mass is 35.5. The molecule has 3 N–H and O–H groups in total. The molecule has 2 heterocycles. The molecule has 0 saturated carbocycles. The van der Waals surface area contributed by atoms with E-state index in [9.17, 15) is 4.79 Å². The Morgan fingerprint density at radius 3 is 2.03 bits per heavy atom. The molecule has 1 amide bonds. The van der Waals surface area contributed by atoms with Crippen LogP contribution in [0.4, 0.5) is 0 Å². The Kier molecular flexibility index (Phi) is 8.86. The predicted octanol–water partition coefficient (Wildman–Crippen LogP) is -2.06. The Hall–Kier alpha value is -1.92. The van der Waals surface area contributed by atoms with Gasteiger partial charge in [0, 0.05) is 25.4 Å². The Labute approximate surface area is 185 Å². The van der Waals surface area contributed by atoms with Gasteiger partial charge in [-0.2, -0.15) is 0 Å². The molecule has 0 spiro atoms. The number of morpholine rings is 1. The summed E-state index contributed by atoms with van der Waals surface area (Å²) in [7, 11) is 0. The maximum atomic E-state index is 13.8. The second-order valence-electron chi connectivity index (χ2n) is 7.98. The topological polar surface area (TPSA) is 65.5 Å². The van der Waals surface area contributed by atoms with Gasteiger partial charge < -0.3 is 32.4 Å². The standard InChI is InChI=1S/C24H30N2O2.ClH.H2O/c1-2-26-19-22(13-14-25-15-17-28-18-16-25)24(23(26)27,20-9-5-3-6-10-20)21-11-7-4-8-12-21;;/h3-12,22H,2,13-19H2,1H3;1H;1H2. The molecule has 0 bridgehead atoms. The number of hydrogen-bond acceptors (Lipinski definition) is 2. The van der Waals surface area contributed by atoms with Crippen LogP contribution in [0.25, 0.3) is 0 Å². The number of quaternary nitrogens is 1. The fraction of sp³-hybridized carbons (Fsp3) is 0.458. The van der Waals surface area contributed by atoms with Gasteiger partial charge >= 0.3 is 0 Å². The van der Waals surface area contributed by atoms with Gasteiger partial charge in [0.25, 0.3) is 0 Å². The molecule has 1 unspecified atom stereocenters. The van der Waals surface area contributed by atoms with E-state index in [4.69, 9.17) is 4.74 Å². The molecular weight excluding hydrogens is 400 g/mol. The number of halogens is 1. The van der Waals surface area contributed by atoms with Crippen LogP contribution in [0.5, 0.6) is 0 Å². The number of hydrogen-bond donors (Lipinski definition) is 1. The van der Waals surface area contributed by atoms with Crippen molar-refractivity contribution < 1.29 is 32.3 Å². The summed E-state index contributed by atoms with van der Waals surface area (Å²) in [5.41, 5.74) is 1.68. The van der Waals surface area contributed by atoms with E-state index in [2.05, 4.69) is 60.4 Å². The molecule has 2 fully saturated rings. The molecule has 2 aromatic rings. The normalized spacial score (nSPS) is 21.0. The monoisotopic (exact) mass is 432 g/mol. The minimum atomic E-state index is -0.579. The van der Waals surface area contributed by atoms with Crippen LogP contribution < -0.4 is 17.3 Å². The van der Waals surface area contributed by atoms with Crippen LogP contribution in [0.15, 0.2) is 60.7 Å². The fourth-order valence-electron chi connectivity index (χ4n) is 5.07. The average molecular weight is 433 g/mol. The number of ether oxygens (including phenoxy) is 1. The first-order valence-electron chi connectivity index (χ1n) is 10.6. The van der Waals surface area contributed by atoms with Gasteiger partial charge in [0.1, 0.15) is 18.5 Å². The highest BCUT2D eigenvalue weighted by Gasteiger charge is 2.55. The van der Waals surface area contributed by atoms with Gasteiger partial charge in [-0.3, -0.25) is 4.79 Å². The largest absolute Gasteiger partial charge is 1.00 e. The van der Waals surface area contributed by atoms with Crippen LogP contribution in [-0.2, 0) is 14.9 Å². The Morgan fingerprint density at radius 1 is 1.00 bits per heavy atom. The van der Waals surface area contributed by atoms with Crippen molar-refractivity contribution in [2.24, 2.45) is 5.92 Å². The second kappa shape index (κ2) is 10.9. The Bertz CT molecular complexity index is 742. The summed E-state index contributed by atoms with van der Waals surface area (Å²) in [6.45, 7) is 8.63. The quantitative estimate of drug-likeness (QED) is 0.570. The van der Waals surface area contributed by atoms with E-state index in [-0.39, 0.29) is 29.7 Å². The summed E-state index contributed by atoms with van der Waals surface area (Å²) in [4.78, 5) is 17.5. The highest BCUT2D eigenvalue weighted by Crippen LogP contribution is 2.47. The third-order valence-electron chi connectivity index (χ3n) is 6.56. The minimum Gasteiger partial charge on any atom is -1.00 e. The lowest BCUT2D eigenvalue weighted by Gasteiger charge is -2.35. The van der Waals surface area contributed by atoms with E-state index < -0.39 is 5.41 Å². The number of rotatable bonds is 6. The lowest BCUT2D eigenvalue weighted by atomic mass is 9.66. The van der Waals surface area contributed by atoms with E-state index in [1.165, 1.54) is 0 Å². The van der Waals surface area contributed by atoms with Gasteiger partial charge in [-0.05, 0) is 18.1 Å². The van der Waals surface area contributed by atoms with Crippen molar-refractivity contribution in [3.8, 4) is 0 Å². The molecule has 5 nitrogen and oxygen atoms in total. The zero-order chi connectivity index (χ0) is 19.4. The van der Waals surface area contributed by atoms with Crippen molar-refractivity contribution in [2.45, 2.75) is 18.8 Å². The lowest BCUT2D eigenvalue weighted by molar-refractivity contribution is -0.908. The maximum absolute atomic E-state index is 13.8. The van der Waals surface area contributed by atoms with Crippen LogP contribution in [0.1, 0.15) is 24.5 Å². The summed E-state index contributed by atoms with van der Waals surface area (Å²) >= 11 is 0. The van der Waals surface area contributed by atoms with Crippen molar-refractivity contribution >= 4 is 5.91 Å². The van der Waals surface area contributed by atoms with Gasteiger partial charge in [0.15, 0.2) is 0 Å². The molecule has 0 radical (unpaired) electrons. The Morgan fingerprint density at radius 2 is 1.53 bits per heavy atom. The maximum Gasteiger partial charge on any atom is 0.238 e. The van der Waals surface area contributed by atoms with Crippen molar-refractivity contribution in [1.29, 1.82) is 0 Å². The number of amides is 1. The van der Waals surface area contributed by atoms with E-state index >= 15 is 0 Å². The SMILES string of the molecule is CCN1CC(CC[NH+]2CCOCC2)C(c2ccccc2)(c2ccccc2)C1=O.O.[Cl-]. The molecule has 30 heavy (non-hydrogen) atoms. The third kappa shape index (κ3) is 4.40. The first-order valence-corrected chi connectivity index (χ1v) is 10.6. The second-order valence-corrected chi connectivity index (χ2v) is 7.98. The molecule has 0 aromatic heterocycles. The lowest BCUT2D eigenvalue weighted by Crippen LogP contribution is -3.14. The van der Waals surface area contributed by atoms with Gasteiger partial charge in [-0.25, -0.2) is 0 Å². The Balaban J connectivity index is 0.00000160. The van der Waals surface area contributed by atoms with E-state index in [1.54, 1.807) is 4.90 Å². The smallest absolute Gasteiger partial charge is 0.238 e. The number of nitrogens with zero attached hydrogens (tertiary/aromatic N) is 1. The zero-order valence-electron chi connectivity index (χ0n) is 17.6. The number of nitrogens with one attached hydrogen (secondary N) is 1. The van der Waals surface area contributed by atoms with Crippen LogP contribution in [0, 0.1) is 5.92 Å². The number of likely N-dealkylation sites (N-methyl/N-ethyl adjacent to an activating group) is 1. The minimum absolute atomic E-state index is 0. The molecule has 2 aliphatic heterocycles. The van der Waals surface area contributed by atoms with Crippen molar-refractivity contribution in [1.82, 2.24) is 4.90 Å². The molecule has 4 rings (SSSR count). The van der Waals surface area contributed by atoms with Gasteiger partial charge in [0.05, 0.1) is 19.8 Å². The van der Waals surface area contributed by atoms with Gasteiger partial charge in [-0.15, -0.1) is 0 Å². The molecule has 2 saturated heterocycles. The molecule has 164 valence electrons. The number of likely N-dealkylation sites (tertiary alicyclic amines) is 1. The highest BCUT2D eigenvalue weighted by molar-refractivity contribution is 5.94. The van der Waals surface area contributed by atoms with Crippen LogP contribution in [0.2, 0.25) is 0 Å². The molecule has 1 atom stereocenters. The summed E-state index contributed by atoms with van der Waals surface area (Å²) in [5, 5.41) is 0. The summed E-state index contributed by atoms with van der Waals surface area (Å²) in [6, 6.07) is 20.9.